The van der Waals surface area contributed by atoms with Crippen LogP contribution in [-0.4, -0.2) is 28.9 Å². The van der Waals surface area contributed by atoms with Crippen molar-refractivity contribution in [2.45, 2.75) is 32.3 Å². The number of benzene rings is 1. The molecule has 6 heteroatoms. The molecule has 2 rings (SSSR count). The van der Waals surface area contributed by atoms with Gasteiger partial charge in [-0.1, -0.05) is 31.3 Å². The average molecular weight is 308 g/mol. The van der Waals surface area contributed by atoms with E-state index in [-0.39, 0.29) is 5.41 Å². The van der Waals surface area contributed by atoms with Gasteiger partial charge in [-0.15, -0.1) is 5.10 Å². The molecule has 0 bridgehead atoms. The topological polar surface area (TPSA) is 64.5 Å². The molecule has 1 unspecified atom stereocenters. The Balaban J connectivity index is 2.41. The van der Waals surface area contributed by atoms with Crippen molar-refractivity contribution in [2.75, 3.05) is 14.2 Å². The highest BCUT2D eigenvalue weighted by atomic mass is 32.1. The molecule has 1 aromatic carbocycles. The molecule has 1 N–H and O–H groups in total. The van der Waals surface area contributed by atoms with Gasteiger partial charge in [0.2, 0.25) is 0 Å². The van der Waals surface area contributed by atoms with Gasteiger partial charge in [-0.25, -0.2) is 0 Å². The van der Waals surface area contributed by atoms with Gasteiger partial charge in [-0.2, -0.15) is 0 Å². The third kappa shape index (κ3) is 3.16. The number of rotatable bonds is 4. The van der Waals surface area contributed by atoms with Crippen molar-refractivity contribution in [1.29, 1.82) is 0 Å². The number of aliphatic hydroxyl groups excluding tert-OH is 1. The summed E-state index contributed by atoms with van der Waals surface area (Å²) in [7, 11) is 3.15. The third-order valence-corrected chi connectivity index (χ3v) is 3.97. The third-order valence-electron chi connectivity index (χ3n) is 3.20. The molecule has 0 amide bonds. The molecule has 1 atom stereocenters. The fourth-order valence-corrected chi connectivity index (χ4v) is 2.95. The molecule has 0 saturated carbocycles. The van der Waals surface area contributed by atoms with Crippen LogP contribution in [0.1, 0.15) is 43.0 Å². The Bertz CT molecular complexity index is 620. The SMILES string of the molecule is COc1ccc(C(O)c2snnc2C(C)(C)C)cc1OC. The van der Waals surface area contributed by atoms with E-state index < -0.39 is 6.10 Å². The zero-order chi connectivity index (χ0) is 15.6. The van der Waals surface area contributed by atoms with Gasteiger partial charge in [0.05, 0.1) is 24.8 Å². The van der Waals surface area contributed by atoms with Gasteiger partial charge in [-0.05, 0) is 29.2 Å². The zero-order valence-electron chi connectivity index (χ0n) is 12.9. The maximum Gasteiger partial charge on any atom is 0.161 e. The zero-order valence-corrected chi connectivity index (χ0v) is 13.7. The first-order valence-electron chi connectivity index (χ1n) is 6.61. The highest BCUT2D eigenvalue weighted by Crippen LogP contribution is 2.36. The van der Waals surface area contributed by atoms with E-state index >= 15 is 0 Å². The minimum atomic E-state index is -0.779. The standard InChI is InChI=1S/C15H20N2O3S/c1-15(2,3)14-13(21-17-16-14)12(18)9-6-7-10(19-4)11(8-9)20-5/h6-8,12,18H,1-5H3. The summed E-state index contributed by atoms with van der Waals surface area (Å²) in [5.74, 6) is 1.22. The van der Waals surface area contributed by atoms with E-state index in [0.717, 1.165) is 16.1 Å². The Kier molecular flexibility index (Phi) is 4.49. The highest BCUT2D eigenvalue weighted by Gasteiger charge is 2.27. The Morgan fingerprint density at radius 3 is 2.38 bits per heavy atom. The number of nitrogens with zero attached hydrogens (tertiary/aromatic N) is 2. The van der Waals surface area contributed by atoms with Gasteiger partial charge in [0.15, 0.2) is 11.5 Å². The predicted octanol–water partition coefficient (Wildman–Crippen LogP) is 2.93. The van der Waals surface area contributed by atoms with Crippen molar-refractivity contribution < 1.29 is 14.6 Å². The molecule has 5 nitrogen and oxygen atoms in total. The Morgan fingerprint density at radius 1 is 1.14 bits per heavy atom. The second-order valence-corrected chi connectivity index (χ2v) is 6.54. The van der Waals surface area contributed by atoms with Gasteiger partial charge in [-0.3, -0.25) is 0 Å². The number of hydrogen-bond acceptors (Lipinski definition) is 6. The van der Waals surface area contributed by atoms with Crippen LogP contribution < -0.4 is 9.47 Å². The molecule has 0 radical (unpaired) electrons. The lowest BCUT2D eigenvalue weighted by molar-refractivity contribution is 0.220. The number of aromatic nitrogens is 2. The smallest absolute Gasteiger partial charge is 0.161 e. The first kappa shape index (κ1) is 15.7. The first-order chi connectivity index (χ1) is 9.88. The van der Waals surface area contributed by atoms with Crippen LogP contribution in [0, 0.1) is 0 Å². The summed E-state index contributed by atoms with van der Waals surface area (Å²) in [5, 5.41) is 14.8. The van der Waals surface area contributed by atoms with Gasteiger partial charge < -0.3 is 14.6 Å². The van der Waals surface area contributed by atoms with Crippen LogP contribution in [0.3, 0.4) is 0 Å². The van der Waals surface area contributed by atoms with Crippen LogP contribution in [0.15, 0.2) is 18.2 Å². The van der Waals surface area contributed by atoms with E-state index in [1.54, 1.807) is 26.4 Å². The van der Waals surface area contributed by atoms with Crippen LogP contribution in [-0.2, 0) is 5.41 Å². The van der Waals surface area contributed by atoms with Gasteiger partial charge in [0.25, 0.3) is 0 Å². The molecular formula is C15H20N2O3S. The quantitative estimate of drug-likeness (QED) is 0.941. The van der Waals surface area contributed by atoms with Crippen LogP contribution >= 0.6 is 11.5 Å². The summed E-state index contributed by atoms with van der Waals surface area (Å²) in [6.45, 7) is 6.15. The van der Waals surface area contributed by atoms with Crippen molar-refractivity contribution in [2.24, 2.45) is 0 Å². The van der Waals surface area contributed by atoms with Crippen LogP contribution in [0.2, 0.25) is 0 Å². The van der Waals surface area contributed by atoms with Crippen LogP contribution in [0.5, 0.6) is 11.5 Å². The van der Waals surface area contributed by atoms with E-state index in [1.165, 1.54) is 11.5 Å². The van der Waals surface area contributed by atoms with Crippen molar-refractivity contribution >= 4 is 11.5 Å². The van der Waals surface area contributed by atoms with Gasteiger partial charge in [0, 0.05) is 5.41 Å². The molecule has 0 saturated heterocycles. The van der Waals surface area contributed by atoms with Crippen molar-refractivity contribution in [3.05, 3.63) is 34.3 Å². The normalized spacial score (nSPS) is 13.0. The summed E-state index contributed by atoms with van der Waals surface area (Å²) < 4.78 is 14.5. The number of ether oxygens (including phenoxy) is 2. The maximum atomic E-state index is 10.6. The van der Waals surface area contributed by atoms with Crippen molar-refractivity contribution in [3.63, 3.8) is 0 Å². The molecule has 0 aliphatic rings. The molecule has 0 spiro atoms. The molecule has 1 aromatic heterocycles. The minimum absolute atomic E-state index is 0.167. The van der Waals surface area contributed by atoms with E-state index in [2.05, 4.69) is 30.4 Å². The number of aliphatic hydroxyl groups is 1. The molecule has 21 heavy (non-hydrogen) atoms. The summed E-state index contributed by atoms with van der Waals surface area (Å²) in [5.41, 5.74) is 1.37. The van der Waals surface area contributed by atoms with E-state index in [0.29, 0.717) is 11.5 Å². The minimum Gasteiger partial charge on any atom is -0.493 e. The fraction of sp³-hybridized carbons (Fsp3) is 0.467. The average Bonchev–Trinajstić information content (AvgIpc) is 2.95. The van der Waals surface area contributed by atoms with Gasteiger partial charge >= 0.3 is 0 Å². The Hall–Kier alpha value is -1.66. The first-order valence-corrected chi connectivity index (χ1v) is 7.38. The van der Waals surface area contributed by atoms with E-state index in [4.69, 9.17) is 9.47 Å². The molecule has 0 fully saturated rings. The van der Waals surface area contributed by atoms with E-state index in [1.807, 2.05) is 6.07 Å². The summed E-state index contributed by atoms with van der Waals surface area (Å²) in [4.78, 5) is 0.759. The molecule has 1 heterocycles. The van der Waals surface area contributed by atoms with Gasteiger partial charge in [0.1, 0.15) is 6.10 Å². The lowest BCUT2D eigenvalue weighted by Gasteiger charge is -2.19. The molecule has 2 aromatic rings. The largest absolute Gasteiger partial charge is 0.493 e. The monoisotopic (exact) mass is 308 g/mol. The lowest BCUT2D eigenvalue weighted by Crippen LogP contribution is -2.16. The molecule has 114 valence electrons. The number of methoxy groups -OCH3 is 2. The van der Waals surface area contributed by atoms with Crippen molar-refractivity contribution in [3.8, 4) is 11.5 Å². The second kappa shape index (κ2) is 5.99. The Labute approximate surface area is 128 Å². The summed E-state index contributed by atoms with van der Waals surface area (Å²) in [6.07, 6.45) is -0.779. The molecule has 0 aliphatic heterocycles. The maximum absolute atomic E-state index is 10.6. The van der Waals surface area contributed by atoms with E-state index in [9.17, 15) is 5.11 Å². The lowest BCUT2D eigenvalue weighted by atomic mass is 9.89. The molecular weight excluding hydrogens is 288 g/mol. The highest BCUT2D eigenvalue weighted by molar-refractivity contribution is 7.05. The van der Waals surface area contributed by atoms with Crippen LogP contribution in [0.25, 0.3) is 0 Å². The summed E-state index contributed by atoms with van der Waals surface area (Å²) >= 11 is 1.22. The predicted molar refractivity (Wildman–Crippen MR) is 82.2 cm³/mol. The second-order valence-electron chi connectivity index (χ2n) is 5.75. The number of hydrogen-bond donors (Lipinski definition) is 1. The van der Waals surface area contributed by atoms with Crippen LogP contribution in [0.4, 0.5) is 0 Å². The summed E-state index contributed by atoms with van der Waals surface area (Å²) in [6, 6.07) is 5.37. The fourth-order valence-electron chi connectivity index (χ4n) is 2.07. The molecule has 0 aliphatic carbocycles. The van der Waals surface area contributed by atoms with Crippen molar-refractivity contribution in [1.82, 2.24) is 9.59 Å². The Morgan fingerprint density at radius 2 is 1.81 bits per heavy atom.